The van der Waals surface area contributed by atoms with Crippen molar-refractivity contribution in [1.82, 2.24) is 5.32 Å². The lowest BCUT2D eigenvalue weighted by molar-refractivity contribution is -0.135. The van der Waals surface area contributed by atoms with Gasteiger partial charge < -0.3 is 10.6 Å². The van der Waals surface area contributed by atoms with Crippen molar-refractivity contribution in [3.63, 3.8) is 0 Å². The summed E-state index contributed by atoms with van der Waals surface area (Å²) in [5.41, 5.74) is 3.46. The molecule has 1 saturated heterocycles. The molecule has 1 fully saturated rings. The van der Waals surface area contributed by atoms with Gasteiger partial charge in [-0.25, -0.2) is 8.42 Å². The first-order valence-electron chi connectivity index (χ1n) is 13.1. The number of hydrogen-bond acceptors (Lipinski definition) is 5. The number of fused-ring (bicyclic) bond motifs is 1. The number of nitrogens with zero attached hydrogens (tertiary/aromatic N) is 1. The van der Waals surface area contributed by atoms with E-state index in [-0.39, 0.29) is 46.1 Å². The molecule has 2 aliphatic rings. The summed E-state index contributed by atoms with van der Waals surface area (Å²) < 4.78 is 26.2. The van der Waals surface area contributed by atoms with Crippen LogP contribution in [0.5, 0.6) is 0 Å². The van der Waals surface area contributed by atoms with Crippen molar-refractivity contribution in [2.24, 2.45) is 11.8 Å². The van der Waals surface area contributed by atoms with E-state index in [1.807, 2.05) is 52.0 Å². The van der Waals surface area contributed by atoms with E-state index < -0.39 is 21.9 Å². The molecule has 0 unspecified atom stereocenters. The number of nitrogens with one attached hydrogen (secondary N) is 2. The predicted octanol–water partition coefficient (Wildman–Crippen LogP) is 3.83. The van der Waals surface area contributed by atoms with Crippen LogP contribution in [0.2, 0.25) is 0 Å². The number of rotatable bonds is 7. The van der Waals surface area contributed by atoms with Crippen LogP contribution < -0.4 is 15.5 Å². The molecule has 38 heavy (non-hydrogen) atoms. The van der Waals surface area contributed by atoms with E-state index in [9.17, 15) is 22.8 Å². The van der Waals surface area contributed by atoms with Crippen LogP contribution in [0.1, 0.15) is 63.6 Å². The van der Waals surface area contributed by atoms with Crippen molar-refractivity contribution in [2.75, 3.05) is 16.5 Å². The van der Waals surface area contributed by atoms with Gasteiger partial charge >= 0.3 is 0 Å². The van der Waals surface area contributed by atoms with Gasteiger partial charge in [0, 0.05) is 24.4 Å². The number of hydrogen-bond donors (Lipinski definition) is 2. The highest BCUT2D eigenvalue weighted by Gasteiger charge is 2.47. The van der Waals surface area contributed by atoms with Gasteiger partial charge in [0.25, 0.3) is 5.91 Å². The average Bonchev–Trinajstić information content (AvgIpc) is 3.23. The Hall–Kier alpha value is -3.20. The zero-order valence-electron chi connectivity index (χ0n) is 22.9. The predicted molar refractivity (Wildman–Crippen MR) is 148 cm³/mol. The Morgan fingerprint density at radius 3 is 2.16 bits per heavy atom. The van der Waals surface area contributed by atoms with Gasteiger partial charge in [0.1, 0.15) is 12.1 Å². The molecular weight excluding hydrogens is 502 g/mol. The van der Waals surface area contributed by atoms with E-state index in [0.717, 1.165) is 17.4 Å². The van der Waals surface area contributed by atoms with Gasteiger partial charge in [-0.3, -0.25) is 19.3 Å². The van der Waals surface area contributed by atoms with Crippen LogP contribution in [-0.2, 0) is 37.1 Å². The van der Waals surface area contributed by atoms with E-state index in [1.165, 1.54) is 17.9 Å². The zero-order chi connectivity index (χ0) is 27.9. The van der Waals surface area contributed by atoms with Crippen LogP contribution in [0.25, 0.3) is 0 Å². The summed E-state index contributed by atoms with van der Waals surface area (Å²) in [6.45, 7) is 9.07. The third-order valence-electron chi connectivity index (χ3n) is 7.37. The number of carbonyl (C=O) groups is 3. The van der Waals surface area contributed by atoms with Gasteiger partial charge in [0.2, 0.25) is 11.8 Å². The standard InChI is InChI=1S/C29H37N3O5S/c1-16(2)13-23-28(34)31-26(21-14-19-9-7-8-10-20(19)15-21)29(35)32(23)27-24(38(6,36)37)12-11-22(30-18(5)33)25(27)17(3)4/h7-12,16-17,21,23,26H,13-15H2,1-6H3,(H,30,33)(H,31,34)/t23-,26-/m1/s1. The van der Waals surface area contributed by atoms with E-state index in [1.54, 1.807) is 6.07 Å². The normalized spacial score (nSPS) is 20.2. The molecule has 2 N–H and O–H groups in total. The molecule has 3 amide bonds. The van der Waals surface area contributed by atoms with E-state index in [0.29, 0.717) is 30.5 Å². The molecule has 0 aromatic heterocycles. The SMILES string of the molecule is CC(=O)Nc1ccc(S(C)(=O)=O)c(N2C(=O)[C@@H](C3Cc4ccccc4C3)NC(=O)[C@H]2CC(C)C)c1C(C)C. The maximum atomic E-state index is 14.4. The molecule has 2 aromatic rings. The number of carbonyl (C=O) groups excluding carboxylic acids is 3. The fraction of sp³-hybridized carbons (Fsp3) is 0.483. The average molecular weight is 540 g/mol. The Labute approximate surface area is 225 Å². The minimum absolute atomic E-state index is 0.0273. The van der Waals surface area contributed by atoms with Crippen LogP contribution in [0, 0.1) is 11.8 Å². The van der Waals surface area contributed by atoms with Crippen molar-refractivity contribution >= 4 is 38.9 Å². The maximum absolute atomic E-state index is 14.4. The highest BCUT2D eigenvalue weighted by Crippen LogP contribution is 2.43. The van der Waals surface area contributed by atoms with E-state index in [4.69, 9.17) is 0 Å². The van der Waals surface area contributed by atoms with Crippen molar-refractivity contribution in [3.8, 4) is 0 Å². The lowest BCUT2D eigenvalue weighted by Crippen LogP contribution is -2.66. The molecule has 204 valence electrons. The van der Waals surface area contributed by atoms with Gasteiger partial charge in [0.15, 0.2) is 9.84 Å². The zero-order valence-corrected chi connectivity index (χ0v) is 23.7. The molecule has 0 saturated carbocycles. The molecule has 0 spiro atoms. The lowest BCUT2D eigenvalue weighted by atomic mass is 9.88. The molecule has 4 rings (SSSR count). The minimum atomic E-state index is -3.80. The van der Waals surface area contributed by atoms with Crippen molar-refractivity contribution < 1.29 is 22.8 Å². The second-order valence-corrected chi connectivity index (χ2v) is 13.2. The third-order valence-corrected chi connectivity index (χ3v) is 8.50. The largest absolute Gasteiger partial charge is 0.342 e. The Kier molecular flexibility index (Phi) is 7.70. The number of benzene rings is 2. The molecule has 0 bridgehead atoms. The van der Waals surface area contributed by atoms with Gasteiger partial charge in [0.05, 0.1) is 10.6 Å². The second-order valence-electron chi connectivity index (χ2n) is 11.3. The summed E-state index contributed by atoms with van der Waals surface area (Å²) in [5, 5.41) is 5.80. The summed E-state index contributed by atoms with van der Waals surface area (Å²) in [7, 11) is -3.80. The summed E-state index contributed by atoms with van der Waals surface area (Å²) in [5.74, 6) is -1.25. The maximum Gasteiger partial charge on any atom is 0.250 e. The monoisotopic (exact) mass is 539 g/mol. The molecule has 8 nitrogen and oxygen atoms in total. The second kappa shape index (κ2) is 10.5. The molecule has 9 heteroatoms. The van der Waals surface area contributed by atoms with Crippen LogP contribution in [0.4, 0.5) is 11.4 Å². The smallest absolute Gasteiger partial charge is 0.250 e. The Morgan fingerprint density at radius 2 is 1.66 bits per heavy atom. The fourth-order valence-corrected chi connectivity index (χ4v) is 6.70. The van der Waals surface area contributed by atoms with E-state index >= 15 is 0 Å². The number of sulfone groups is 1. The van der Waals surface area contributed by atoms with E-state index in [2.05, 4.69) is 10.6 Å². The summed E-state index contributed by atoms with van der Waals surface area (Å²) in [4.78, 5) is 41.5. The van der Waals surface area contributed by atoms with Gasteiger partial charge in [-0.05, 0) is 60.3 Å². The topological polar surface area (TPSA) is 113 Å². The lowest BCUT2D eigenvalue weighted by Gasteiger charge is -2.43. The molecule has 2 atom stereocenters. The Balaban J connectivity index is 1.92. The molecule has 0 radical (unpaired) electrons. The first kappa shape index (κ1) is 27.8. The molecule has 1 heterocycles. The van der Waals surface area contributed by atoms with Crippen LogP contribution in [-0.4, -0.2) is 44.5 Å². The molecule has 2 aromatic carbocycles. The van der Waals surface area contributed by atoms with Crippen LogP contribution in [0.15, 0.2) is 41.3 Å². The molecular formula is C29H37N3O5S. The van der Waals surface area contributed by atoms with Gasteiger partial charge in [-0.1, -0.05) is 52.0 Å². The molecule has 1 aliphatic carbocycles. The highest BCUT2D eigenvalue weighted by molar-refractivity contribution is 7.90. The van der Waals surface area contributed by atoms with Crippen LogP contribution >= 0.6 is 0 Å². The number of anilines is 2. The number of piperazine rings is 1. The first-order valence-corrected chi connectivity index (χ1v) is 15.0. The minimum Gasteiger partial charge on any atom is -0.342 e. The van der Waals surface area contributed by atoms with Gasteiger partial charge in [-0.15, -0.1) is 0 Å². The summed E-state index contributed by atoms with van der Waals surface area (Å²) in [6.07, 6.45) is 2.76. The fourth-order valence-electron chi connectivity index (χ4n) is 5.82. The summed E-state index contributed by atoms with van der Waals surface area (Å²) >= 11 is 0. The third kappa shape index (κ3) is 5.34. The quantitative estimate of drug-likeness (QED) is 0.555. The highest BCUT2D eigenvalue weighted by atomic mass is 32.2. The molecule has 1 aliphatic heterocycles. The Bertz CT molecular complexity index is 1360. The van der Waals surface area contributed by atoms with Crippen molar-refractivity contribution in [2.45, 2.75) is 76.8 Å². The van der Waals surface area contributed by atoms with Crippen LogP contribution in [0.3, 0.4) is 0 Å². The summed E-state index contributed by atoms with van der Waals surface area (Å²) in [6, 6.07) is 9.33. The Morgan fingerprint density at radius 1 is 1.05 bits per heavy atom. The number of amides is 3. The van der Waals surface area contributed by atoms with Crippen molar-refractivity contribution in [1.29, 1.82) is 0 Å². The van der Waals surface area contributed by atoms with Gasteiger partial charge in [-0.2, -0.15) is 0 Å². The first-order chi connectivity index (χ1) is 17.8. The van der Waals surface area contributed by atoms with Crippen molar-refractivity contribution in [3.05, 3.63) is 53.1 Å².